The van der Waals surface area contributed by atoms with Crippen molar-refractivity contribution in [2.45, 2.75) is 25.3 Å². The second kappa shape index (κ2) is 4.91. The number of rotatable bonds is 4. The Labute approximate surface area is 89.7 Å². The Morgan fingerprint density at radius 3 is 2.79 bits per heavy atom. The Hall–Kier alpha value is -0.380. The zero-order valence-corrected chi connectivity index (χ0v) is 9.30. The molecule has 0 radical (unpaired) electrons. The van der Waals surface area contributed by atoms with Gasteiger partial charge in [0.15, 0.2) is 0 Å². The van der Waals surface area contributed by atoms with Crippen molar-refractivity contribution in [1.29, 1.82) is 0 Å². The largest absolute Gasteiger partial charge is 0.330 e. The molecule has 1 aliphatic heterocycles. The Kier molecular flexibility index (Phi) is 3.56. The maximum Gasteiger partial charge on any atom is 0.0453 e. The standard InChI is InChI=1S/C11H18N2S/c12-6-5-10(11-4-3-9-14-11)13-7-1-2-8-13/h3-4,9-10H,1-2,5-8,12H2. The lowest BCUT2D eigenvalue weighted by Gasteiger charge is -2.26. The summed E-state index contributed by atoms with van der Waals surface area (Å²) in [5.74, 6) is 0. The molecule has 0 aliphatic carbocycles. The predicted octanol–water partition coefficient (Wildman–Crippen LogP) is 2.23. The number of nitrogens with zero attached hydrogens (tertiary/aromatic N) is 1. The number of nitrogens with two attached hydrogens (primary N) is 1. The quantitative estimate of drug-likeness (QED) is 0.826. The summed E-state index contributed by atoms with van der Waals surface area (Å²) in [5, 5.41) is 2.16. The minimum atomic E-state index is 0.586. The van der Waals surface area contributed by atoms with Crippen LogP contribution in [0.15, 0.2) is 17.5 Å². The van der Waals surface area contributed by atoms with Gasteiger partial charge in [-0.3, -0.25) is 4.90 Å². The van der Waals surface area contributed by atoms with Crippen LogP contribution in [0, 0.1) is 0 Å². The summed E-state index contributed by atoms with van der Waals surface area (Å²) in [4.78, 5) is 4.07. The molecule has 1 aromatic rings. The summed E-state index contributed by atoms with van der Waals surface area (Å²) in [6.07, 6.45) is 3.80. The lowest BCUT2D eigenvalue weighted by atomic mass is 10.1. The van der Waals surface area contributed by atoms with E-state index in [0.717, 1.165) is 13.0 Å². The smallest absolute Gasteiger partial charge is 0.0453 e. The molecule has 1 atom stereocenters. The van der Waals surface area contributed by atoms with Crippen LogP contribution < -0.4 is 5.73 Å². The minimum absolute atomic E-state index is 0.586. The highest BCUT2D eigenvalue weighted by molar-refractivity contribution is 7.10. The van der Waals surface area contributed by atoms with Gasteiger partial charge >= 0.3 is 0 Å². The van der Waals surface area contributed by atoms with Crippen molar-refractivity contribution in [2.75, 3.05) is 19.6 Å². The topological polar surface area (TPSA) is 29.3 Å². The van der Waals surface area contributed by atoms with Gasteiger partial charge in [0.05, 0.1) is 0 Å². The van der Waals surface area contributed by atoms with Crippen molar-refractivity contribution in [1.82, 2.24) is 4.90 Å². The van der Waals surface area contributed by atoms with Crippen LogP contribution in [-0.4, -0.2) is 24.5 Å². The Bertz CT molecular complexity index is 252. The molecule has 0 bridgehead atoms. The van der Waals surface area contributed by atoms with Crippen molar-refractivity contribution in [2.24, 2.45) is 5.73 Å². The second-order valence-corrected chi connectivity index (χ2v) is 4.83. The third-order valence-electron chi connectivity index (χ3n) is 2.89. The molecule has 3 heteroatoms. The predicted molar refractivity (Wildman–Crippen MR) is 61.5 cm³/mol. The molecule has 1 saturated heterocycles. The summed E-state index contributed by atoms with van der Waals surface area (Å²) in [6, 6.07) is 4.96. The minimum Gasteiger partial charge on any atom is -0.330 e. The fourth-order valence-electron chi connectivity index (χ4n) is 2.20. The van der Waals surface area contributed by atoms with Gasteiger partial charge in [0.1, 0.15) is 0 Å². The molecule has 2 rings (SSSR count). The maximum absolute atomic E-state index is 5.68. The van der Waals surface area contributed by atoms with E-state index in [1.54, 1.807) is 0 Å². The van der Waals surface area contributed by atoms with Gasteiger partial charge in [0.2, 0.25) is 0 Å². The van der Waals surface area contributed by atoms with Crippen molar-refractivity contribution in [3.63, 3.8) is 0 Å². The highest BCUT2D eigenvalue weighted by atomic mass is 32.1. The SMILES string of the molecule is NCCC(c1cccs1)N1CCCC1. The lowest BCUT2D eigenvalue weighted by molar-refractivity contribution is 0.239. The van der Waals surface area contributed by atoms with E-state index >= 15 is 0 Å². The first kappa shape index (κ1) is 10.1. The molecule has 0 aromatic carbocycles. The first-order valence-electron chi connectivity index (χ1n) is 5.39. The van der Waals surface area contributed by atoms with Crippen LogP contribution in [0.5, 0.6) is 0 Å². The molecule has 2 heterocycles. The van der Waals surface area contributed by atoms with E-state index in [9.17, 15) is 0 Å². The molecule has 0 amide bonds. The number of thiophene rings is 1. The van der Waals surface area contributed by atoms with Crippen molar-refractivity contribution >= 4 is 11.3 Å². The van der Waals surface area contributed by atoms with Gasteiger partial charge < -0.3 is 5.73 Å². The van der Waals surface area contributed by atoms with E-state index in [-0.39, 0.29) is 0 Å². The molecule has 2 nitrogen and oxygen atoms in total. The van der Waals surface area contributed by atoms with E-state index in [2.05, 4.69) is 22.4 Å². The first-order valence-corrected chi connectivity index (χ1v) is 6.27. The van der Waals surface area contributed by atoms with Crippen LogP contribution in [-0.2, 0) is 0 Å². The van der Waals surface area contributed by atoms with Gasteiger partial charge in [-0.2, -0.15) is 0 Å². The van der Waals surface area contributed by atoms with E-state index in [1.165, 1.54) is 30.8 Å². The average molecular weight is 210 g/mol. The van der Waals surface area contributed by atoms with E-state index in [1.807, 2.05) is 11.3 Å². The van der Waals surface area contributed by atoms with E-state index in [0.29, 0.717) is 6.04 Å². The third kappa shape index (κ3) is 2.16. The first-order chi connectivity index (χ1) is 6.92. The van der Waals surface area contributed by atoms with Crippen molar-refractivity contribution in [3.05, 3.63) is 22.4 Å². The molecule has 0 spiro atoms. The molecular weight excluding hydrogens is 192 g/mol. The summed E-state index contributed by atoms with van der Waals surface area (Å²) >= 11 is 1.86. The Morgan fingerprint density at radius 2 is 2.21 bits per heavy atom. The van der Waals surface area contributed by atoms with E-state index < -0.39 is 0 Å². The summed E-state index contributed by atoms with van der Waals surface area (Å²) in [7, 11) is 0. The fraction of sp³-hybridized carbons (Fsp3) is 0.636. The summed E-state index contributed by atoms with van der Waals surface area (Å²) < 4.78 is 0. The molecule has 14 heavy (non-hydrogen) atoms. The number of hydrogen-bond acceptors (Lipinski definition) is 3. The van der Waals surface area contributed by atoms with Gasteiger partial charge in [0.25, 0.3) is 0 Å². The molecule has 2 N–H and O–H groups in total. The third-order valence-corrected chi connectivity index (χ3v) is 3.87. The maximum atomic E-state index is 5.68. The molecule has 1 aliphatic rings. The van der Waals surface area contributed by atoms with Gasteiger partial charge in [-0.25, -0.2) is 0 Å². The Balaban J connectivity index is 2.06. The normalized spacial score (nSPS) is 20.1. The monoisotopic (exact) mass is 210 g/mol. The van der Waals surface area contributed by atoms with Crippen molar-refractivity contribution < 1.29 is 0 Å². The van der Waals surface area contributed by atoms with Gasteiger partial charge in [0, 0.05) is 10.9 Å². The zero-order chi connectivity index (χ0) is 9.80. The fourth-order valence-corrected chi connectivity index (χ4v) is 3.09. The van der Waals surface area contributed by atoms with Gasteiger partial charge in [-0.1, -0.05) is 6.07 Å². The second-order valence-electron chi connectivity index (χ2n) is 3.85. The van der Waals surface area contributed by atoms with Gasteiger partial charge in [-0.15, -0.1) is 11.3 Å². The number of likely N-dealkylation sites (tertiary alicyclic amines) is 1. The van der Waals surface area contributed by atoms with Crippen molar-refractivity contribution in [3.8, 4) is 0 Å². The van der Waals surface area contributed by atoms with Crippen LogP contribution in [0.1, 0.15) is 30.2 Å². The molecule has 0 saturated carbocycles. The highest BCUT2D eigenvalue weighted by Gasteiger charge is 2.23. The lowest BCUT2D eigenvalue weighted by Crippen LogP contribution is -2.26. The van der Waals surface area contributed by atoms with Gasteiger partial charge in [-0.05, 0) is 50.3 Å². The molecule has 1 aromatic heterocycles. The average Bonchev–Trinajstić information content (AvgIpc) is 2.87. The van der Waals surface area contributed by atoms with Crippen LogP contribution in [0.4, 0.5) is 0 Å². The highest BCUT2D eigenvalue weighted by Crippen LogP contribution is 2.30. The Morgan fingerprint density at radius 1 is 1.43 bits per heavy atom. The molecule has 1 fully saturated rings. The van der Waals surface area contributed by atoms with Crippen LogP contribution in [0.3, 0.4) is 0 Å². The van der Waals surface area contributed by atoms with Crippen LogP contribution in [0.2, 0.25) is 0 Å². The van der Waals surface area contributed by atoms with Crippen LogP contribution in [0.25, 0.3) is 0 Å². The van der Waals surface area contributed by atoms with Crippen LogP contribution >= 0.6 is 11.3 Å². The van der Waals surface area contributed by atoms with E-state index in [4.69, 9.17) is 5.73 Å². The summed E-state index contributed by atoms with van der Waals surface area (Å²) in [6.45, 7) is 3.30. The molecule has 1 unspecified atom stereocenters. The summed E-state index contributed by atoms with van der Waals surface area (Å²) in [5.41, 5.74) is 5.68. The zero-order valence-electron chi connectivity index (χ0n) is 8.48. The molecule has 78 valence electrons. The molecular formula is C11H18N2S. The number of hydrogen-bond donors (Lipinski definition) is 1.